The molecule has 9 rings (SSSR count). The van der Waals surface area contributed by atoms with Crippen LogP contribution in [0.5, 0.6) is 0 Å². The van der Waals surface area contributed by atoms with Gasteiger partial charge in [0.25, 0.3) is 0 Å². The van der Waals surface area contributed by atoms with E-state index in [9.17, 15) is 0 Å². The molecule has 0 saturated carbocycles. The second kappa shape index (κ2) is 9.86. The lowest BCUT2D eigenvalue weighted by Crippen LogP contribution is -1.93. The van der Waals surface area contributed by atoms with Crippen LogP contribution in [0.15, 0.2) is 164 Å². The van der Waals surface area contributed by atoms with Gasteiger partial charge in [0, 0.05) is 38.3 Å². The van der Waals surface area contributed by atoms with Crippen molar-refractivity contribution < 1.29 is 0 Å². The molecule has 0 saturated heterocycles. The zero-order valence-electron chi connectivity index (χ0n) is 24.0. The molecule has 0 bridgehead atoms. The van der Waals surface area contributed by atoms with Crippen LogP contribution in [0.4, 0.5) is 0 Å². The normalized spacial score (nSPS) is 11.6. The molecule has 1 N–H and O–H groups in total. The molecule has 2 nitrogen and oxygen atoms in total. The molecule has 206 valence electrons. The molecule has 0 atom stereocenters. The molecule has 7 aromatic carbocycles. The number of hydrogen-bond donors (Lipinski definition) is 1. The van der Waals surface area contributed by atoms with Gasteiger partial charge in [0.15, 0.2) is 0 Å². The van der Waals surface area contributed by atoms with Gasteiger partial charge in [-0.3, -0.25) is 0 Å². The van der Waals surface area contributed by atoms with Gasteiger partial charge in [-0.05, 0) is 88.0 Å². The van der Waals surface area contributed by atoms with E-state index in [4.69, 9.17) is 0 Å². The Morgan fingerprint density at radius 2 is 0.773 bits per heavy atom. The lowest BCUT2D eigenvalue weighted by atomic mass is 9.99. The number of H-pyrrole nitrogens is 1. The van der Waals surface area contributed by atoms with Gasteiger partial charge in [-0.1, -0.05) is 109 Å². The van der Waals surface area contributed by atoms with Gasteiger partial charge in [0.1, 0.15) is 0 Å². The monoisotopic (exact) mass is 560 g/mol. The average Bonchev–Trinajstić information content (AvgIpc) is 3.63. The maximum atomic E-state index is 3.62. The van der Waals surface area contributed by atoms with Gasteiger partial charge in [-0.15, -0.1) is 0 Å². The summed E-state index contributed by atoms with van der Waals surface area (Å²) in [4.78, 5) is 3.62. The zero-order chi connectivity index (χ0) is 29.0. The Morgan fingerprint density at radius 3 is 1.43 bits per heavy atom. The van der Waals surface area contributed by atoms with Gasteiger partial charge in [0.2, 0.25) is 0 Å². The van der Waals surface area contributed by atoms with Gasteiger partial charge in [-0.2, -0.15) is 0 Å². The molecule has 0 unspecified atom stereocenters. The van der Waals surface area contributed by atoms with Gasteiger partial charge >= 0.3 is 0 Å². The highest BCUT2D eigenvalue weighted by molar-refractivity contribution is 6.12. The molecule has 2 aromatic heterocycles. The van der Waals surface area contributed by atoms with Crippen LogP contribution in [0.2, 0.25) is 0 Å². The summed E-state index contributed by atoms with van der Waals surface area (Å²) in [6.45, 7) is 0. The smallest absolute Gasteiger partial charge is 0.0541 e. The zero-order valence-corrected chi connectivity index (χ0v) is 24.0. The second-order valence-electron chi connectivity index (χ2n) is 11.5. The summed E-state index contributed by atoms with van der Waals surface area (Å²) in [7, 11) is 0. The maximum absolute atomic E-state index is 3.62. The maximum Gasteiger partial charge on any atom is 0.0541 e. The van der Waals surface area contributed by atoms with Crippen molar-refractivity contribution >= 4 is 43.6 Å². The Morgan fingerprint density at radius 1 is 0.318 bits per heavy atom. The first-order chi connectivity index (χ1) is 21.8. The lowest BCUT2D eigenvalue weighted by Gasteiger charge is -2.10. The summed E-state index contributed by atoms with van der Waals surface area (Å²) in [6, 6.07) is 59.2. The van der Waals surface area contributed by atoms with Gasteiger partial charge in [0.05, 0.1) is 11.0 Å². The minimum Gasteiger partial charge on any atom is -0.355 e. The number of benzene rings is 7. The third-order valence-electron chi connectivity index (χ3n) is 8.94. The van der Waals surface area contributed by atoms with Crippen molar-refractivity contribution in [3.05, 3.63) is 164 Å². The van der Waals surface area contributed by atoms with E-state index in [0.717, 1.165) is 16.7 Å². The molecule has 0 spiro atoms. The van der Waals surface area contributed by atoms with E-state index in [1.54, 1.807) is 0 Å². The summed E-state index contributed by atoms with van der Waals surface area (Å²) < 4.78 is 2.39. The van der Waals surface area contributed by atoms with Crippen LogP contribution >= 0.6 is 0 Å². The van der Waals surface area contributed by atoms with Crippen molar-refractivity contribution in [2.45, 2.75) is 0 Å². The third kappa shape index (κ3) is 3.96. The second-order valence-corrected chi connectivity index (χ2v) is 11.5. The van der Waals surface area contributed by atoms with Gasteiger partial charge in [-0.25, -0.2) is 0 Å². The summed E-state index contributed by atoms with van der Waals surface area (Å²) in [5.41, 5.74) is 13.3. The number of fused-ring (bicyclic) bond motifs is 6. The first-order valence-electron chi connectivity index (χ1n) is 15.1. The Hall–Kier alpha value is -5.86. The number of nitrogens with zero attached hydrogens (tertiary/aromatic N) is 1. The van der Waals surface area contributed by atoms with E-state index in [0.29, 0.717) is 0 Å². The summed E-state index contributed by atoms with van der Waals surface area (Å²) in [5.74, 6) is 0. The minimum absolute atomic E-state index is 1.16. The van der Waals surface area contributed by atoms with Gasteiger partial charge < -0.3 is 9.55 Å². The molecule has 44 heavy (non-hydrogen) atoms. The van der Waals surface area contributed by atoms with E-state index in [2.05, 4.69) is 173 Å². The largest absolute Gasteiger partial charge is 0.355 e. The van der Waals surface area contributed by atoms with Crippen LogP contribution in [0.25, 0.3) is 82.7 Å². The summed E-state index contributed by atoms with van der Waals surface area (Å²) in [5, 5.41) is 5.02. The Labute approximate surface area is 255 Å². The third-order valence-corrected chi connectivity index (χ3v) is 8.94. The van der Waals surface area contributed by atoms with Crippen molar-refractivity contribution in [1.82, 2.24) is 9.55 Å². The van der Waals surface area contributed by atoms with Crippen molar-refractivity contribution in [2.24, 2.45) is 0 Å². The van der Waals surface area contributed by atoms with Crippen molar-refractivity contribution in [1.29, 1.82) is 0 Å². The number of aromatic nitrogens is 2. The number of nitrogens with one attached hydrogen (secondary N) is 1. The highest BCUT2D eigenvalue weighted by atomic mass is 15.0. The van der Waals surface area contributed by atoms with Crippen LogP contribution in [-0.4, -0.2) is 9.55 Å². The van der Waals surface area contributed by atoms with Crippen molar-refractivity contribution in [3.8, 4) is 39.1 Å². The van der Waals surface area contributed by atoms with Crippen LogP contribution in [0, 0.1) is 0 Å². The van der Waals surface area contributed by atoms with Crippen molar-refractivity contribution in [3.63, 3.8) is 0 Å². The van der Waals surface area contributed by atoms with E-state index in [1.165, 1.54) is 66.0 Å². The highest BCUT2D eigenvalue weighted by Gasteiger charge is 2.14. The Balaban J connectivity index is 1.17. The fourth-order valence-corrected chi connectivity index (χ4v) is 6.75. The Bertz CT molecular complexity index is 2460. The molecule has 0 radical (unpaired) electrons. The average molecular weight is 561 g/mol. The molecule has 0 aliphatic rings. The molecular weight excluding hydrogens is 532 g/mol. The number of rotatable bonds is 4. The SMILES string of the molecule is c1ccc(-c2ccc(-n3c4ccccc4c4cc(-c5ccc6[nH]c7ccc(-c8ccccc8)cc7c6c5)ccc43)cc2)cc1. The first kappa shape index (κ1) is 24.7. The molecule has 2 heterocycles. The van der Waals surface area contributed by atoms with Crippen LogP contribution in [-0.2, 0) is 0 Å². The number of para-hydroxylation sites is 1. The standard InChI is InChI=1S/C42H28N2/c1-3-9-28(10-4-1)30-15-20-34(21-16-30)44-41-14-8-7-13-35(41)38-27-33(19-24-42(38)44)32-18-23-40-37(26-32)36-25-31(17-22-39(36)43-40)29-11-5-2-6-12-29/h1-27,43H. The molecular formula is C42H28N2. The lowest BCUT2D eigenvalue weighted by molar-refractivity contribution is 1.18. The molecule has 0 aliphatic heterocycles. The highest BCUT2D eigenvalue weighted by Crippen LogP contribution is 2.37. The van der Waals surface area contributed by atoms with Crippen molar-refractivity contribution in [2.75, 3.05) is 0 Å². The first-order valence-corrected chi connectivity index (χ1v) is 15.1. The van der Waals surface area contributed by atoms with Crippen LogP contribution < -0.4 is 0 Å². The Kier molecular flexibility index (Phi) is 5.54. The molecule has 2 heteroatoms. The predicted octanol–water partition coefficient (Wildman–Crippen LogP) is 11.4. The molecule has 0 fully saturated rings. The van der Waals surface area contributed by atoms with E-state index < -0.39 is 0 Å². The minimum atomic E-state index is 1.16. The quantitative estimate of drug-likeness (QED) is 0.221. The van der Waals surface area contributed by atoms with Crippen LogP contribution in [0.1, 0.15) is 0 Å². The van der Waals surface area contributed by atoms with Crippen LogP contribution in [0.3, 0.4) is 0 Å². The topological polar surface area (TPSA) is 20.7 Å². The summed E-state index contributed by atoms with van der Waals surface area (Å²) >= 11 is 0. The fourth-order valence-electron chi connectivity index (χ4n) is 6.75. The number of aromatic amines is 1. The van der Waals surface area contributed by atoms with E-state index in [-0.39, 0.29) is 0 Å². The number of hydrogen-bond acceptors (Lipinski definition) is 0. The van der Waals surface area contributed by atoms with E-state index in [1.807, 2.05) is 0 Å². The summed E-state index contributed by atoms with van der Waals surface area (Å²) in [6.07, 6.45) is 0. The van der Waals surface area contributed by atoms with E-state index >= 15 is 0 Å². The molecule has 9 aromatic rings. The molecule has 0 aliphatic carbocycles. The molecule has 0 amide bonds. The predicted molar refractivity (Wildman–Crippen MR) is 186 cm³/mol. The fraction of sp³-hybridized carbons (Fsp3) is 0.